The van der Waals surface area contributed by atoms with Crippen molar-refractivity contribution < 1.29 is 76.4 Å². The van der Waals surface area contributed by atoms with Gasteiger partial charge in [-0.25, -0.2) is 39.5 Å². The third-order valence-corrected chi connectivity index (χ3v) is 23.2. The first-order valence-electron chi connectivity index (χ1n) is 46.3. The number of amides is 4. The number of halogens is 6. The van der Waals surface area contributed by atoms with Gasteiger partial charge in [0, 0.05) is 166 Å². The van der Waals surface area contributed by atoms with E-state index in [0.717, 1.165) is 152 Å². The molecule has 40 heteroatoms. The Labute approximate surface area is 825 Å². The zero-order valence-electron chi connectivity index (χ0n) is 80.0. The Morgan fingerprint density at radius 1 is 0.422 bits per heavy atom. The van der Waals surface area contributed by atoms with Crippen LogP contribution in [-0.4, -0.2) is 290 Å². The number of hydrogen-bond acceptors (Lipinski definition) is 30. The molecule has 2 aromatic carbocycles. The predicted octanol–water partition coefficient (Wildman–Crippen LogP) is 16.3. The zero-order valence-corrected chi connectivity index (χ0v) is 84.5. The number of carbonyl (C=O) groups excluding carboxylic acids is 5. The lowest BCUT2D eigenvalue weighted by Crippen LogP contribution is -2.42. The van der Waals surface area contributed by atoms with Crippen molar-refractivity contribution >= 4 is 105 Å². The minimum absolute atomic E-state index is 0.150. The summed E-state index contributed by atoms with van der Waals surface area (Å²) in [4.78, 5) is 107. The lowest BCUT2D eigenvalue weighted by molar-refractivity contribution is -0.131. The summed E-state index contributed by atoms with van der Waals surface area (Å²) in [7, 11) is 3.31. The molecule has 0 unspecified atom stereocenters. The van der Waals surface area contributed by atoms with Gasteiger partial charge in [-0.3, -0.25) is 14.4 Å². The summed E-state index contributed by atoms with van der Waals surface area (Å²) < 4.78 is 56.0. The van der Waals surface area contributed by atoms with Crippen LogP contribution in [-0.2, 0) is 30.3 Å². The molecule has 7 aromatic rings. The second-order valence-electron chi connectivity index (χ2n) is 35.3. The van der Waals surface area contributed by atoms with Gasteiger partial charge >= 0.3 is 12.2 Å². The van der Waals surface area contributed by atoms with Gasteiger partial charge in [-0.15, -0.1) is 0 Å². The molecule has 7 saturated heterocycles. The van der Waals surface area contributed by atoms with Crippen molar-refractivity contribution in [2.75, 3.05) is 171 Å². The number of aromatic nitrogens is 10. The molecule has 0 atom stereocenters. The Morgan fingerprint density at radius 3 is 1.11 bits per heavy atom. The van der Waals surface area contributed by atoms with Crippen LogP contribution in [0, 0.1) is 29.6 Å². The Kier molecular flexibility index (Phi) is 51.7. The monoisotopic (exact) mass is 2000 g/mol. The number of aliphatic hydroxyl groups excluding tert-OH is 1. The fourth-order valence-corrected chi connectivity index (χ4v) is 15.6. The quantitative estimate of drug-likeness (QED) is 0.0141. The smallest absolute Gasteiger partial charge is 0.410 e. The average molecular weight is 2000 g/mol. The molecule has 0 saturated carbocycles. The van der Waals surface area contributed by atoms with Crippen molar-refractivity contribution in [2.45, 2.75) is 183 Å². The third-order valence-electron chi connectivity index (χ3n) is 22.2. The van der Waals surface area contributed by atoms with Crippen LogP contribution < -0.4 is 48.9 Å². The van der Waals surface area contributed by atoms with Crippen LogP contribution in [0.15, 0.2) is 97.7 Å². The summed E-state index contributed by atoms with van der Waals surface area (Å²) in [6.45, 7) is 35.1. The number of nitrogens with one attached hydrogen (secondary N) is 1. The minimum Gasteiger partial charge on any atom is -0.493 e. The molecule has 12 heterocycles. The first-order valence-corrected chi connectivity index (χ1v) is 48.6. The highest BCUT2D eigenvalue weighted by atomic mass is 35.5. The molecular weight excluding hydrogens is 1860 g/mol. The number of ether oxygens (including phenoxy) is 10. The van der Waals surface area contributed by atoms with Gasteiger partial charge in [-0.05, 0) is 307 Å². The molecule has 135 heavy (non-hydrogen) atoms. The van der Waals surface area contributed by atoms with E-state index in [1.807, 2.05) is 87.7 Å². The third kappa shape index (κ3) is 47.6. The number of carbonyl (C=O) groups is 5. The summed E-state index contributed by atoms with van der Waals surface area (Å²) in [5, 5.41) is 13.1. The van der Waals surface area contributed by atoms with Crippen LogP contribution >= 0.6 is 69.6 Å². The summed E-state index contributed by atoms with van der Waals surface area (Å²) in [5.74, 6) is 8.41. The Bertz CT molecular complexity index is 4580. The lowest BCUT2D eigenvalue weighted by atomic mass is 9.98. The Hall–Kier alpha value is -9.23. The highest BCUT2D eigenvalue weighted by molar-refractivity contribution is 6.62. The molecule has 4 N–H and O–H groups in total. The second kappa shape index (κ2) is 61.9. The minimum atomic E-state index is -0.455. The van der Waals surface area contributed by atoms with E-state index in [-0.39, 0.29) is 57.0 Å². The van der Waals surface area contributed by atoms with Crippen molar-refractivity contribution in [2.24, 2.45) is 29.6 Å². The van der Waals surface area contributed by atoms with Gasteiger partial charge in [0.1, 0.15) is 22.2 Å². The normalized spacial score (nSPS) is 16.2. The van der Waals surface area contributed by atoms with Crippen LogP contribution in [0.5, 0.6) is 46.5 Å². The number of likely N-dealkylation sites (tertiary alicyclic amines) is 6. The number of benzene rings is 2. The molecule has 7 aliphatic rings. The molecule has 14 rings (SSSR count). The largest absolute Gasteiger partial charge is 0.493 e. The zero-order chi connectivity index (χ0) is 97.9. The Morgan fingerprint density at radius 2 is 0.763 bits per heavy atom. The molecule has 7 fully saturated rings. The summed E-state index contributed by atoms with van der Waals surface area (Å²) in [5.41, 5.74) is 6.62. The van der Waals surface area contributed by atoms with Gasteiger partial charge in [0.2, 0.25) is 61.7 Å². The first-order chi connectivity index (χ1) is 64.7. The van der Waals surface area contributed by atoms with E-state index in [9.17, 15) is 24.0 Å². The highest BCUT2D eigenvalue weighted by Gasteiger charge is 2.30. The van der Waals surface area contributed by atoms with Crippen LogP contribution in [0.2, 0.25) is 26.3 Å². The molecule has 34 nitrogen and oxygen atoms in total. The summed E-state index contributed by atoms with van der Waals surface area (Å²) >= 11 is 32.4. The first kappa shape index (κ1) is 113. The summed E-state index contributed by atoms with van der Waals surface area (Å²) in [6, 6.07) is 19.9. The number of aliphatic hydroxyl groups is 1. The van der Waals surface area contributed by atoms with Gasteiger partial charge in [-0.2, -0.15) is 19.9 Å². The number of hydrogen-bond donors (Lipinski definition) is 3. The van der Waals surface area contributed by atoms with E-state index in [0.29, 0.717) is 135 Å². The fraction of sp³-hybridized carbons (Fsp3) is 0.611. The highest BCUT2D eigenvalue weighted by Crippen LogP contribution is 2.32. The summed E-state index contributed by atoms with van der Waals surface area (Å²) in [6.07, 6.45) is 25.1. The number of nitrogens with zero attached hydrogens (tertiary/aromatic N) is 16. The molecule has 0 aliphatic carbocycles. The van der Waals surface area contributed by atoms with Crippen molar-refractivity contribution in [3.63, 3.8) is 0 Å². The van der Waals surface area contributed by atoms with Gasteiger partial charge in [0.25, 0.3) is 0 Å². The number of rotatable bonds is 27. The molecule has 5 aromatic heterocycles. The predicted molar refractivity (Wildman–Crippen MR) is 522 cm³/mol. The number of nitrogens with two attached hydrogens (primary N) is 1. The van der Waals surface area contributed by atoms with E-state index in [1.54, 1.807) is 93.0 Å². The molecule has 0 spiro atoms. The molecule has 746 valence electrons. The maximum absolute atomic E-state index is 12.0. The SMILES string of the molecule is CC(=O)Cl.CC(=O)N1CCC(COc2ccnc(Cl)n2)CC1.CC(C)(C)OC(=O)N1CCC(CO)CC1.CC(C)(C)OC(=O)N1CCC(COc2ccnc(Cl)n2)CC1.COc1ccc(Cc2nccc(OCC3CCN(C(C)=O)CC3)n2)cc1OCCCN1CCCC1.COc1ccc(N)cc1OCCCN1CCCC1.Clc1ccnc(Cl)n1.Clc1nccc(OCC2CCNCC2)n1. The van der Waals surface area contributed by atoms with E-state index in [4.69, 9.17) is 116 Å². The Balaban J connectivity index is 0.000000221. The second-order valence-corrected chi connectivity index (χ2v) is 37.6. The van der Waals surface area contributed by atoms with E-state index >= 15 is 0 Å². The van der Waals surface area contributed by atoms with E-state index < -0.39 is 11.2 Å². The topological polar surface area (TPSA) is 384 Å². The van der Waals surface area contributed by atoms with Crippen molar-refractivity contribution in [3.05, 3.63) is 135 Å². The number of anilines is 1. The maximum Gasteiger partial charge on any atom is 0.410 e. The molecule has 0 radical (unpaired) electrons. The fourth-order valence-electron chi connectivity index (χ4n) is 14.9. The standard InChI is InChI=1S/C27H38N4O4.C15H22ClN3O3.C14H22N2O2.C12H16ClN3O2.C11H21NO3.C10H14ClN3O.C4H2Cl2N2.C2H3ClO/c1-21(32)31-15-9-22(10-16-31)20-35-27-8-11-28-26(29-27)19-23-6-7-24(33-2)25(18-23)34-17-5-14-30-12-3-4-13-30;1-15(2,3)22-14(20)19-8-5-11(6-9-19)10-21-12-4-7-17-13(16)18-12;1-17-13-6-5-12(15)11-14(13)18-10-4-9-16-7-2-3-8-16;1-9(17)16-6-3-10(4-7-16)8-18-11-2-5-14-12(13)15-11;1-11(2,3)15-10(14)12-6-4-9(8-13)5-7-12;11-10-13-6-3-9(14-10)15-7-8-1-4-12-5-2-8;5-3-1-2-7-4(6)8-3;1-2(3)4/h6-8,11,18,22H,3-5,9-10,12-17,19-20H2,1-2H3;4,7,11H,5-6,8-10H2,1-3H3;5-6,11H,2-4,7-10,15H2,1H3;2,5,10H,3-4,6-8H2,1H3;9,13H,4-8H2,1-3H3;3,6,8,12H,1-2,4-5,7H2;1-2H;1H3. The number of nitrogen functional groups attached to an aromatic ring is 1. The van der Waals surface area contributed by atoms with Gasteiger partial charge < -0.3 is 92.9 Å². The number of piperidine rings is 5. The van der Waals surface area contributed by atoms with Crippen molar-refractivity contribution in [3.8, 4) is 46.5 Å². The molecule has 7 aliphatic heterocycles. The maximum atomic E-state index is 12.0. The van der Waals surface area contributed by atoms with Gasteiger partial charge in [-0.1, -0.05) is 17.7 Å². The van der Waals surface area contributed by atoms with Crippen LogP contribution in [0.3, 0.4) is 0 Å². The van der Waals surface area contributed by atoms with E-state index in [1.165, 1.54) is 77.8 Å². The van der Waals surface area contributed by atoms with Crippen molar-refractivity contribution in [1.29, 1.82) is 0 Å². The van der Waals surface area contributed by atoms with Crippen LogP contribution in [0.25, 0.3) is 0 Å². The number of methoxy groups -OCH3 is 2. The molecular formula is C95H138Cl6N18O16. The van der Waals surface area contributed by atoms with Gasteiger partial charge in [0.15, 0.2) is 23.0 Å². The molecule has 4 amide bonds. The molecule has 0 bridgehead atoms. The van der Waals surface area contributed by atoms with Crippen LogP contribution in [0.1, 0.15) is 176 Å². The van der Waals surface area contributed by atoms with Crippen LogP contribution in [0.4, 0.5) is 15.3 Å². The van der Waals surface area contributed by atoms with Gasteiger partial charge in [0.05, 0.1) is 53.9 Å². The average Bonchev–Trinajstić information content (AvgIpc) is 1.34. The van der Waals surface area contributed by atoms with Crippen molar-refractivity contribution in [1.82, 2.24) is 84.6 Å². The lowest BCUT2D eigenvalue weighted by Gasteiger charge is -2.33. The van der Waals surface area contributed by atoms with E-state index in [2.05, 4.69) is 76.6 Å².